The van der Waals surface area contributed by atoms with Crippen molar-refractivity contribution < 1.29 is 4.79 Å². The first-order chi connectivity index (χ1) is 12.4. The molecular formula is C16H16ClN7OS. The lowest BCUT2D eigenvalue weighted by molar-refractivity contribution is 0.0962. The molecule has 0 saturated heterocycles. The van der Waals surface area contributed by atoms with E-state index in [1.165, 1.54) is 11.3 Å². The van der Waals surface area contributed by atoms with Gasteiger partial charge in [-0.25, -0.2) is 9.97 Å². The van der Waals surface area contributed by atoms with Crippen molar-refractivity contribution in [2.75, 3.05) is 12.4 Å². The molecule has 8 nitrogen and oxygen atoms in total. The summed E-state index contributed by atoms with van der Waals surface area (Å²) in [5.74, 6) is 0.151. The fourth-order valence-corrected chi connectivity index (χ4v) is 3.35. The topological polar surface area (TPSA) is 106 Å². The van der Waals surface area contributed by atoms with Crippen LogP contribution in [0.15, 0.2) is 30.7 Å². The second kappa shape index (κ2) is 7.30. The first kappa shape index (κ1) is 18.2. The van der Waals surface area contributed by atoms with E-state index >= 15 is 0 Å². The van der Waals surface area contributed by atoms with E-state index < -0.39 is 5.54 Å². The number of halogens is 1. The highest BCUT2D eigenvalue weighted by Crippen LogP contribution is 2.28. The molecule has 0 atom stereocenters. The Labute approximate surface area is 159 Å². The van der Waals surface area contributed by atoms with E-state index in [0.29, 0.717) is 27.2 Å². The summed E-state index contributed by atoms with van der Waals surface area (Å²) in [7, 11) is 1.54. The molecule has 10 heteroatoms. The van der Waals surface area contributed by atoms with Gasteiger partial charge in [0.1, 0.15) is 0 Å². The van der Waals surface area contributed by atoms with E-state index in [1.54, 1.807) is 37.8 Å². The lowest BCUT2D eigenvalue weighted by Gasteiger charge is -2.26. The second-order valence-corrected chi connectivity index (χ2v) is 7.26. The summed E-state index contributed by atoms with van der Waals surface area (Å²) >= 11 is 7.40. The van der Waals surface area contributed by atoms with Crippen molar-refractivity contribution in [2.45, 2.75) is 19.4 Å². The van der Waals surface area contributed by atoms with Crippen LogP contribution in [0.2, 0.25) is 5.02 Å². The van der Waals surface area contributed by atoms with Gasteiger partial charge in [0.05, 0.1) is 16.3 Å². The van der Waals surface area contributed by atoms with Gasteiger partial charge in [0, 0.05) is 31.2 Å². The molecule has 0 bridgehead atoms. The summed E-state index contributed by atoms with van der Waals surface area (Å²) < 4.78 is 0. The van der Waals surface area contributed by atoms with Crippen molar-refractivity contribution in [3.8, 4) is 10.6 Å². The summed E-state index contributed by atoms with van der Waals surface area (Å²) in [5.41, 5.74) is 0.820. The number of carbonyl (C=O) groups excluding carboxylic acids is 1. The van der Waals surface area contributed by atoms with E-state index in [4.69, 9.17) is 11.6 Å². The van der Waals surface area contributed by atoms with Crippen LogP contribution in [0.1, 0.15) is 29.3 Å². The Kier molecular flexibility index (Phi) is 5.10. The van der Waals surface area contributed by atoms with Gasteiger partial charge < -0.3 is 10.6 Å². The molecule has 3 aromatic heterocycles. The van der Waals surface area contributed by atoms with Gasteiger partial charge in [-0.3, -0.25) is 9.78 Å². The third-order valence-electron chi connectivity index (χ3n) is 3.52. The maximum atomic E-state index is 11.6. The minimum absolute atomic E-state index is 0.276. The van der Waals surface area contributed by atoms with Gasteiger partial charge in [0.25, 0.3) is 5.91 Å². The van der Waals surface area contributed by atoms with Gasteiger partial charge in [-0.15, -0.1) is 10.2 Å². The highest BCUT2D eigenvalue weighted by Gasteiger charge is 2.25. The second-order valence-electron chi connectivity index (χ2n) is 5.87. The maximum Gasteiger partial charge on any atom is 0.282 e. The molecule has 2 N–H and O–H groups in total. The van der Waals surface area contributed by atoms with E-state index in [2.05, 4.69) is 35.8 Å². The fraction of sp³-hybridized carbons (Fsp3) is 0.250. The summed E-state index contributed by atoms with van der Waals surface area (Å²) in [6, 6.07) is 3.57. The van der Waals surface area contributed by atoms with Crippen LogP contribution in [-0.2, 0) is 5.54 Å². The summed E-state index contributed by atoms with van der Waals surface area (Å²) in [6.07, 6.45) is 4.94. The first-order valence-electron chi connectivity index (χ1n) is 7.68. The Morgan fingerprint density at radius 2 is 1.92 bits per heavy atom. The molecule has 0 aliphatic heterocycles. The minimum Gasteiger partial charge on any atom is -0.353 e. The molecule has 0 unspecified atom stereocenters. The molecule has 3 heterocycles. The smallest absolute Gasteiger partial charge is 0.282 e. The van der Waals surface area contributed by atoms with Crippen LogP contribution in [-0.4, -0.2) is 38.1 Å². The molecule has 0 aliphatic carbocycles. The van der Waals surface area contributed by atoms with Crippen molar-refractivity contribution in [3.05, 3.63) is 46.4 Å². The lowest BCUT2D eigenvalue weighted by Crippen LogP contribution is -2.30. The Balaban J connectivity index is 1.78. The van der Waals surface area contributed by atoms with Crippen LogP contribution < -0.4 is 10.6 Å². The van der Waals surface area contributed by atoms with Crippen LogP contribution in [0.5, 0.6) is 0 Å². The fourth-order valence-electron chi connectivity index (χ4n) is 2.23. The average Bonchev–Trinajstić information content (AvgIpc) is 3.11. The number of pyridine rings is 1. The van der Waals surface area contributed by atoms with Gasteiger partial charge in [-0.1, -0.05) is 22.9 Å². The first-order valence-corrected chi connectivity index (χ1v) is 8.87. The molecule has 0 aliphatic rings. The average molecular weight is 390 g/mol. The summed E-state index contributed by atoms with van der Waals surface area (Å²) in [6.45, 7) is 3.89. The number of hydrogen-bond donors (Lipinski definition) is 2. The molecule has 1 amide bonds. The third kappa shape index (κ3) is 3.78. The maximum absolute atomic E-state index is 11.6. The Bertz CT molecular complexity index is 926. The van der Waals surface area contributed by atoms with Crippen molar-refractivity contribution >= 4 is 34.8 Å². The minimum atomic E-state index is -0.561. The zero-order valence-corrected chi connectivity index (χ0v) is 15.9. The van der Waals surface area contributed by atoms with E-state index in [1.807, 2.05) is 13.8 Å². The number of carbonyl (C=O) groups is 1. The van der Waals surface area contributed by atoms with Gasteiger partial charge in [-0.05, 0) is 26.0 Å². The number of nitrogens with one attached hydrogen (secondary N) is 2. The normalized spacial score (nSPS) is 11.2. The number of hydrogen-bond acceptors (Lipinski definition) is 8. The molecule has 3 aromatic rings. The standard InChI is InChI=1S/C16H16ClN7OS/c1-16(2,11-10(17)5-4-6-19-11)22-15-20-7-9(8-21-15)13-23-24-14(26-13)12(25)18-3/h4-8H,1-3H3,(H,18,25)(H,20,21,22). The number of anilines is 1. The van der Waals surface area contributed by atoms with Gasteiger partial charge >= 0.3 is 0 Å². The SMILES string of the molecule is CNC(=O)c1nnc(-c2cnc(NC(C)(C)c3ncccc3Cl)nc2)s1. The van der Waals surface area contributed by atoms with Crippen molar-refractivity contribution in [1.29, 1.82) is 0 Å². The van der Waals surface area contributed by atoms with Gasteiger partial charge in [-0.2, -0.15) is 0 Å². The van der Waals surface area contributed by atoms with E-state index in [-0.39, 0.29) is 10.9 Å². The van der Waals surface area contributed by atoms with Crippen molar-refractivity contribution in [3.63, 3.8) is 0 Å². The van der Waals surface area contributed by atoms with Crippen LogP contribution >= 0.6 is 22.9 Å². The molecule has 0 radical (unpaired) electrons. The van der Waals surface area contributed by atoms with Crippen LogP contribution in [0.4, 0.5) is 5.95 Å². The molecule has 3 rings (SSSR count). The van der Waals surface area contributed by atoms with Crippen LogP contribution in [0, 0.1) is 0 Å². The van der Waals surface area contributed by atoms with Crippen LogP contribution in [0.3, 0.4) is 0 Å². The van der Waals surface area contributed by atoms with Crippen molar-refractivity contribution in [2.24, 2.45) is 0 Å². The third-order valence-corrected chi connectivity index (χ3v) is 4.80. The molecule has 0 aromatic carbocycles. The Morgan fingerprint density at radius 3 is 2.58 bits per heavy atom. The summed E-state index contributed by atoms with van der Waals surface area (Å²) in [4.78, 5) is 24.5. The van der Waals surface area contributed by atoms with Gasteiger partial charge in [0.15, 0.2) is 5.01 Å². The number of aromatic nitrogens is 5. The molecule has 0 saturated carbocycles. The quantitative estimate of drug-likeness (QED) is 0.691. The van der Waals surface area contributed by atoms with E-state index in [9.17, 15) is 4.79 Å². The highest BCUT2D eigenvalue weighted by atomic mass is 35.5. The molecular weight excluding hydrogens is 374 g/mol. The van der Waals surface area contributed by atoms with Gasteiger partial charge in [0.2, 0.25) is 11.0 Å². The molecule has 134 valence electrons. The van der Waals surface area contributed by atoms with E-state index in [0.717, 1.165) is 0 Å². The number of amides is 1. The largest absolute Gasteiger partial charge is 0.353 e. The van der Waals surface area contributed by atoms with Crippen LogP contribution in [0.25, 0.3) is 10.6 Å². The molecule has 26 heavy (non-hydrogen) atoms. The zero-order valence-electron chi connectivity index (χ0n) is 14.3. The zero-order chi connectivity index (χ0) is 18.7. The number of rotatable bonds is 5. The Hall–Kier alpha value is -2.65. The highest BCUT2D eigenvalue weighted by molar-refractivity contribution is 7.16. The predicted molar refractivity (Wildman–Crippen MR) is 100 cm³/mol. The lowest BCUT2D eigenvalue weighted by atomic mass is 10.00. The molecule has 0 spiro atoms. The predicted octanol–water partition coefficient (Wildman–Crippen LogP) is 2.75. The molecule has 0 fully saturated rings. The summed E-state index contributed by atoms with van der Waals surface area (Å²) in [5, 5.41) is 15.0. The monoisotopic (exact) mass is 389 g/mol. The Morgan fingerprint density at radius 1 is 1.19 bits per heavy atom. The van der Waals surface area contributed by atoms with Crippen molar-refractivity contribution in [1.82, 2.24) is 30.5 Å². The number of nitrogens with zero attached hydrogens (tertiary/aromatic N) is 5.